The van der Waals surface area contributed by atoms with E-state index >= 15 is 0 Å². The highest BCUT2D eigenvalue weighted by Gasteiger charge is 2.57. The molecule has 1 aromatic rings. The Bertz CT molecular complexity index is 3650. The second kappa shape index (κ2) is 53.2. The van der Waals surface area contributed by atoms with Crippen LogP contribution in [-0.4, -0.2) is 177 Å². The Morgan fingerprint density at radius 2 is 0.350 bits per heavy atom. The smallest absolute Gasteiger partial charge is 0.338 e. The average Bonchev–Trinajstić information content (AvgIpc) is 0.776. The number of esters is 9. The van der Waals surface area contributed by atoms with E-state index in [2.05, 4.69) is 219 Å². The number of hydrogen-bond acceptors (Lipinski definition) is 24. The highest BCUT2D eigenvalue weighted by Crippen LogP contribution is 2.46. The van der Waals surface area contributed by atoms with Gasteiger partial charge in [-0.15, -0.1) is 0 Å². The molecule has 0 amide bonds. The van der Waals surface area contributed by atoms with E-state index in [0.29, 0.717) is 167 Å². The van der Waals surface area contributed by atoms with Gasteiger partial charge in [0.1, 0.15) is 36.6 Å². The van der Waals surface area contributed by atoms with Crippen molar-refractivity contribution in [2.24, 2.45) is 16.2 Å². The summed E-state index contributed by atoms with van der Waals surface area (Å²) in [5.41, 5.74) is -7.16. The first-order chi connectivity index (χ1) is 65.1. The quantitative estimate of drug-likeness (QED) is 0.0153. The minimum absolute atomic E-state index is 0.0470. The van der Waals surface area contributed by atoms with Crippen LogP contribution < -0.4 is 31.9 Å². The first-order valence-electron chi connectivity index (χ1n) is 55.8. The molecule has 7 rings (SSSR count). The molecular weight excluding hydrogens is 1770 g/mol. The van der Waals surface area contributed by atoms with Gasteiger partial charge in [0.05, 0.1) is 36.5 Å². The molecule has 0 radical (unpaired) electrons. The molecule has 0 aromatic heterocycles. The van der Waals surface area contributed by atoms with Crippen molar-refractivity contribution < 1.29 is 85.8 Å². The molecule has 24 heteroatoms. The summed E-state index contributed by atoms with van der Waals surface area (Å²) < 4.78 is 56.7. The Balaban J connectivity index is 0.925. The second-order valence-corrected chi connectivity index (χ2v) is 52.2. The lowest BCUT2D eigenvalue weighted by molar-refractivity contribution is -0.186. The van der Waals surface area contributed by atoms with Crippen molar-refractivity contribution in [2.75, 3.05) is 19.8 Å². The van der Waals surface area contributed by atoms with E-state index in [1.807, 2.05) is 0 Å². The van der Waals surface area contributed by atoms with E-state index in [1.54, 1.807) is 0 Å². The standard InChI is InChI=1S/C116H202N6O18/c1-28-31-53-62-116(100(130)139-91-80-110(20,21)121-111(22,23)81-91,101(131)140-92-82-112(24,25)122-113(26,27)83-92)65-56-49-41-35-34-38-44-50-57-66-132-93(123)84-69-85(94(124)133-67-58-51-45-39-36-42-47-54-63-114(60-32-29-2,96(126)135-87-72-102(4,5)117-103(6,7)73-87)97(127)136-88-74-104(8,9)118-105(10,11)75-88)71-86(70-84)95(125)134-68-59-52-46-40-37-43-48-55-64-115(61-33-30-3,98(128)137-89-76-106(12,13)119-107(14,15)77-89)99(129)138-90-78-108(16,17)120-109(18,19)79-90/h69-71,87-92,117-122H,28-68,72-83H2,1-27H3. The summed E-state index contributed by atoms with van der Waals surface area (Å²) in [6.07, 6.45) is 34.8. The van der Waals surface area contributed by atoms with Crippen molar-refractivity contribution >= 4 is 53.7 Å². The molecule has 6 aliphatic rings. The Hall–Kier alpha value is -5.79. The maximum atomic E-state index is 15.0. The second-order valence-electron chi connectivity index (χ2n) is 52.2. The van der Waals surface area contributed by atoms with E-state index in [-0.39, 0.29) is 140 Å². The molecule has 0 atom stereocenters. The Labute approximate surface area is 848 Å². The zero-order valence-electron chi connectivity index (χ0n) is 93.5. The number of nitrogens with one attached hydrogen (secondary N) is 6. The molecule has 0 unspecified atom stereocenters. The summed E-state index contributed by atoms with van der Waals surface area (Å²) in [5.74, 6) is -4.66. The van der Waals surface area contributed by atoms with E-state index in [0.717, 1.165) is 154 Å². The molecule has 0 spiro atoms. The van der Waals surface area contributed by atoms with Crippen LogP contribution in [0.1, 0.15) is 539 Å². The van der Waals surface area contributed by atoms with Gasteiger partial charge in [-0.1, -0.05) is 207 Å². The molecule has 6 saturated heterocycles. The summed E-state index contributed by atoms with van der Waals surface area (Å²) >= 11 is 0. The van der Waals surface area contributed by atoms with Gasteiger partial charge >= 0.3 is 53.7 Å². The molecule has 0 saturated carbocycles. The zero-order chi connectivity index (χ0) is 104. The fraction of sp³-hybridized carbons (Fsp3) is 0.871. The SMILES string of the molecule is CCCCCC(CCCCCCCCCCCOC(=O)c1cc(C(=O)OCCCCCCCCCCC(CCCC)(C(=O)OC2CC(C)(C)NC(C)(C)C2)C(=O)OC2CC(C)(C)NC(C)(C)C2)cc(C(=O)OCCCCCCCCCCC(CCCC)(C(=O)OC2CC(C)(C)NC(C)(C)C2)C(=O)OC2CC(C)(C)NC(C)(C)C2)c1)(C(=O)OC1CC(C)(C)NC(C)(C)C1)C(=O)OC1CC(C)(C)NC(C)(C)C1. The van der Waals surface area contributed by atoms with Crippen LogP contribution in [0.3, 0.4) is 0 Å². The van der Waals surface area contributed by atoms with Crippen molar-refractivity contribution in [1.29, 1.82) is 0 Å². The van der Waals surface area contributed by atoms with E-state index < -0.39 is 70.0 Å². The van der Waals surface area contributed by atoms with Gasteiger partial charge in [0.2, 0.25) is 0 Å². The fourth-order valence-electron chi connectivity index (χ4n) is 25.6. The Kier molecular flexibility index (Phi) is 46.0. The predicted molar refractivity (Wildman–Crippen MR) is 560 cm³/mol. The molecule has 0 bridgehead atoms. The maximum absolute atomic E-state index is 15.0. The third kappa shape index (κ3) is 40.8. The summed E-state index contributed by atoms with van der Waals surface area (Å²) in [7, 11) is 0. The van der Waals surface area contributed by atoms with Gasteiger partial charge in [0.15, 0.2) is 16.2 Å². The first-order valence-corrected chi connectivity index (χ1v) is 55.8. The molecule has 6 heterocycles. The van der Waals surface area contributed by atoms with Crippen molar-refractivity contribution in [2.45, 2.75) is 611 Å². The minimum atomic E-state index is -1.41. The molecular formula is C116H202N6O18. The van der Waals surface area contributed by atoms with Crippen molar-refractivity contribution in [3.63, 3.8) is 0 Å². The monoisotopic (exact) mass is 1970 g/mol. The summed E-state index contributed by atoms with van der Waals surface area (Å²) in [6, 6.07) is 4.30. The van der Waals surface area contributed by atoms with Gasteiger partial charge in [-0.25, -0.2) is 14.4 Å². The molecule has 6 fully saturated rings. The van der Waals surface area contributed by atoms with Gasteiger partial charge in [0.25, 0.3) is 0 Å². The molecule has 804 valence electrons. The van der Waals surface area contributed by atoms with Crippen LogP contribution in [-0.2, 0) is 71.4 Å². The van der Waals surface area contributed by atoms with Crippen LogP contribution in [0.5, 0.6) is 0 Å². The molecule has 24 nitrogen and oxygen atoms in total. The van der Waals surface area contributed by atoms with Gasteiger partial charge in [0, 0.05) is 144 Å². The van der Waals surface area contributed by atoms with Gasteiger partial charge in [-0.3, -0.25) is 28.8 Å². The lowest BCUT2D eigenvalue weighted by Gasteiger charge is -2.47. The third-order valence-electron chi connectivity index (χ3n) is 30.1. The normalized spacial score (nSPS) is 21.1. The maximum Gasteiger partial charge on any atom is 0.338 e. The van der Waals surface area contributed by atoms with E-state index in [1.165, 1.54) is 18.2 Å². The van der Waals surface area contributed by atoms with Crippen molar-refractivity contribution in [3.05, 3.63) is 34.9 Å². The van der Waals surface area contributed by atoms with Gasteiger partial charge in [-0.2, -0.15) is 0 Å². The molecule has 1 aromatic carbocycles. The lowest BCUT2D eigenvalue weighted by Crippen LogP contribution is -2.61. The third-order valence-corrected chi connectivity index (χ3v) is 30.1. The number of ether oxygens (including phenoxy) is 9. The number of carbonyl (C=O) groups is 9. The number of carbonyl (C=O) groups excluding carboxylic acids is 9. The van der Waals surface area contributed by atoms with Gasteiger partial charge in [-0.05, 0) is 242 Å². The van der Waals surface area contributed by atoms with Crippen LogP contribution in [0.25, 0.3) is 0 Å². The van der Waals surface area contributed by atoms with Crippen molar-refractivity contribution in [1.82, 2.24) is 31.9 Å². The average molecular weight is 1970 g/mol. The molecule has 6 aliphatic heterocycles. The molecule has 6 N–H and O–H groups in total. The number of rotatable bonds is 59. The largest absolute Gasteiger partial charge is 0.462 e. The topological polar surface area (TPSA) is 309 Å². The van der Waals surface area contributed by atoms with Crippen LogP contribution >= 0.6 is 0 Å². The van der Waals surface area contributed by atoms with Gasteiger partial charge < -0.3 is 74.5 Å². The van der Waals surface area contributed by atoms with Crippen LogP contribution in [0, 0.1) is 16.2 Å². The summed E-state index contributed by atoms with van der Waals surface area (Å²) in [4.78, 5) is 132. The number of hydrogen-bond donors (Lipinski definition) is 6. The van der Waals surface area contributed by atoms with Crippen LogP contribution in [0.15, 0.2) is 18.2 Å². The van der Waals surface area contributed by atoms with E-state index in [9.17, 15) is 43.2 Å². The van der Waals surface area contributed by atoms with E-state index in [4.69, 9.17) is 42.6 Å². The lowest BCUT2D eigenvalue weighted by atomic mass is 9.76. The molecule has 140 heavy (non-hydrogen) atoms. The Morgan fingerprint density at radius 3 is 0.507 bits per heavy atom. The number of benzene rings is 1. The van der Waals surface area contributed by atoms with Crippen LogP contribution in [0.4, 0.5) is 0 Å². The summed E-state index contributed by atoms with van der Waals surface area (Å²) in [5, 5.41) is 22.2. The number of unbranched alkanes of at least 4 members (excludes halogenated alkanes) is 26. The molecule has 0 aliphatic carbocycles. The Morgan fingerprint density at radius 1 is 0.214 bits per heavy atom. The van der Waals surface area contributed by atoms with Crippen molar-refractivity contribution in [3.8, 4) is 0 Å². The predicted octanol–water partition coefficient (Wildman–Crippen LogP) is 25.1. The number of piperidine rings is 6. The zero-order valence-corrected chi connectivity index (χ0v) is 93.5. The van der Waals surface area contributed by atoms with Crippen LogP contribution in [0.2, 0.25) is 0 Å². The minimum Gasteiger partial charge on any atom is -0.462 e. The highest BCUT2D eigenvalue weighted by molar-refractivity contribution is 6.03. The summed E-state index contributed by atoms with van der Waals surface area (Å²) in [6.45, 7) is 58.0. The highest BCUT2D eigenvalue weighted by atomic mass is 16.6. The fourth-order valence-corrected chi connectivity index (χ4v) is 25.6. The first kappa shape index (κ1) is 121.